The van der Waals surface area contributed by atoms with Crippen LogP contribution in [-0.2, 0) is 0 Å². The summed E-state index contributed by atoms with van der Waals surface area (Å²) in [6.07, 6.45) is 0. The van der Waals surface area contributed by atoms with Gasteiger partial charge in [0.25, 0.3) is 0 Å². The maximum absolute atomic E-state index is 9.59. The van der Waals surface area contributed by atoms with E-state index in [1.54, 1.807) is 6.07 Å². The fraction of sp³-hybridized carbons (Fsp3) is 0.294. The standard InChI is InChI=1S/C17H21NO/c1-12-8-9-17(13(2)10-12)18(4)14(3)15-6-5-7-16(19)11-15/h5-11,14,19H,1-4H3. The minimum Gasteiger partial charge on any atom is -0.508 e. The zero-order valence-corrected chi connectivity index (χ0v) is 12.0. The molecule has 0 fully saturated rings. The molecule has 0 aliphatic heterocycles. The number of aryl methyl sites for hydroxylation is 2. The van der Waals surface area contributed by atoms with Crippen molar-refractivity contribution in [1.82, 2.24) is 0 Å². The summed E-state index contributed by atoms with van der Waals surface area (Å²) in [5.74, 6) is 0.318. The van der Waals surface area contributed by atoms with Crippen molar-refractivity contribution in [1.29, 1.82) is 0 Å². The van der Waals surface area contributed by atoms with E-state index in [2.05, 4.69) is 50.9 Å². The van der Waals surface area contributed by atoms with Crippen molar-refractivity contribution in [3.05, 3.63) is 59.2 Å². The van der Waals surface area contributed by atoms with Crippen LogP contribution in [0.25, 0.3) is 0 Å². The summed E-state index contributed by atoms with van der Waals surface area (Å²) < 4.78 is 0. The number of phenols is 1. The van der Waals surface area contributed by atoms with Crippen molar-refractivity contribution in [2.24, 2.45) is 0 Å². The zero-order chi connectivity index (χ0) is 14.0. The van der Waals surface area contributed by atoms with E-state index in [9.17, 15) is 5.11 Å². The molecule has 2 rings (SSSR count). The van der Waals surface area contributed by atoms with E-state index in [-0.39, 0.29) is 6.04 Å². The van der Waals surface area contributed by atoms with Crippen molar-refractivity contribution >= 4 is 5.69 Å². The number of aromatic hydroxyl groups is 1. The van der Waals surface area contributed by atoms with Gasteiger partial charge in [0.05, 0.1) is 6.04 Å². The van der Waals surface area contributed by atoms with Crippen LogP contribution in [0.5, 0.6) is 5.75 Å². The molecule has 2 aromatic rings. The van der Waals surface area contributed by atoms with Crippen LogP contribution in [0.1, 0.15) is 29.7 Å². The third-order valence-electron chi connectivity index (χ3n) is 3.67. The number of phenolic OH excluding ortho intramolecular Hbond substituents is 1. The summed E-state index contributed by atoms with van der Waals surface area (Å²) >= 11 is 0. The summed E-state index contributed by atoms with van der Waals surface area (Å²) in [5, 5.41) is 9.59. The fourth-order valence-corrected chi connectivity index (χ4v) is 2.42. The number of nitrogens with zero attached hydrogens (tertiary/aromatic N) is 1. The Hall–Kier alpha value is -1.96. The van der Waals surface area contributed by atoms with Crippen LogP contribution in [-0.4, -0.2) is 12.2 Å². The highest BCUT2D eigenvalue weighted by atomic mass is 16.3. The number of hydrogen-bond acceptors (Lipinski definition) is 2. The molecule has 0 saturated heterocycles. The average molecular weight is 255 g/mol. The summed E-state index contributed by atoms with van der Waals surface area (Å²) in [6.45, 7) is 6.39. The number of hydrogen-bond donors (Lipinski definition) is 1. The highest BCUT2D eigenvalue weighted by Gasteiger charge is 2.14. The van der Waals surface area contributed by atoms with Gasteiger partial charge in [-0.05, 0) is 50.1 Å². The monoisotopic (exact) mass is 255 g/mol. The molecule has 2 heteroatoms. The molecule has 0 heterocycles. The Morgan fingerprint density at radius 1 is 1.05 bits per heavy atom. The molecular formula is C17H21NO. The molecule has 2 aromatic carbocycles. The maximum atomic E-state index is 9.59. The molecule has 19 heavy (non-hydrogen) atoms. The van der Waals surface area contributed by atoms with Crippen LogP contribution in [0.3, 0.4) is 0 Å². The minimum absolute atomic E-state index is 0.216. The molecule has 1 atom stereocenters. The third-order valence-corrected chi connectivity index (χ3v) is 3.67. The van der Waals surface area contributed by atoms with Gasteiger partial charge in [0.1, 0.15) is 5.75 Å². The molecule has 2 nitrogen and oxygen atoms in total. The zero-order valence-electron chi connectivity index (χ0n) is 12.0. The highest BCUT2D eigenvalue weighted by Crippen LogP contribution is 2.29. The Labute approximate surface area is 115 Å². The van der Waals surface area contributed by atoms with Crippen LogP contribution >= 0.6 is 0 Å². The first-order valence-electron chi connectivity index (χ1n) is 6.58. The molecule has 0 saturated carbocycles. The quantitative estimate of drug-likeness (QED) is 0.888. The average Bonchev–Trinajstić information content (AvgIpc) is 2.37. The molecule has 1 unspecified atom stereocenters. The highest BCUT2D eigenvalue weighted by molar-refractivity contribution is 5.55. The molecule has 0 aromatic heterocycles. The predicted molar refractivity (Wildman–Crippen MR) is 80.8 cm³/mol. The Bertz CT molecular complexity index is 577. The third kappa shape index (κ3) is 2.90. The van der Waals surface area contributed by atoms with Gasteiger partial charge >= 0.3 is 0 Å². The SMILES string of the molecule is Cc1ccc(N(C)C(C)c2cccc(O)c2)c(C)c1. The molecule has 0 bridgehead atoms. The molecule has 0 spiro atoms. The summed E-state index contributed by atoms with van der Waals surface area (Å²) in [7, 11) is 2.09. The predicted octanol–water partition coefficient (Wildman–Crippen LogP) is 4.21. The first-order chi connectivity index (χ1) is 8.99. The molecule has 0 radical (unpaired) electrons. The van der Waals surface area contributed by atoms with E-state index < -0.39 is 0 Å². The van der Waals surface area contributed by atoms with Crippen molar-refractivity contribution in [2.45, 2.75) is 26.8 Å². The second kappa shape index (κ2) is 5.35. The topological polar surface area (TPSA) is 23.5 Å². The lowest BCUT2D eigenvalue weighted by atomic mass is 10.0. The van der Waals surface area contributed by atoms with Crippen molar-refractivity contribution in [2.75, 3.05) is 11.9 Å². The van der Waals surface area contributed by atoms with Gasteiger partial charge < -0.3 is 10.0 Å². The van der Waals surface area contributed by atoms with Crippen molar-refractivity contribution in [3.63, 3.8) is 0 Å². The Morgan fingerprint density at radius 3 is 2.42 bits per heavy atom. The van der Waals surface area contributed by atoms with Gasteiger partial charge in [-0.25, -0.2) is 0 Å². The molecular weight excluding hydrogens is 234 g/mol. The van der Waals surface area contributed by atoms with Crippen LogP contribution in [0.4, 0.5) is 5.69 Å². The molecule has 0 amide bonds. The van der Waals surface area contributed by atoms with E-state index >= 15 is 0 Å². The fourth-order valence-electron chi connectivity index (χ4n) is 2.42. The first kappa shape index (κ1) is 13.5. The van der Waals surface area contributed by atoms with E-state index in [1.165, 1.54) is 16.8 Å². The number of benzene rings is 2. The van der Waals surface area contributed by atoms with Crippen molar-refractivity contribution < 1.29 is 5.11 Å². The second-order valence-electron chi connectivity index (χ2n) is 5.17. The van der Waals surface area contributed by atoms with Gasteiger partial charge in [-0.15, -0.1) is 0 Å². The Balaban J connectivity index is 2.30. The van der Waals surface area contributed by atoms with E-state index in [1.807, 2.05) is 18.2 Å². The molecule has 0 aliphatic rings. The number of anilines is 1. The van der Waals surface area contributed by atoms with Crippen LogP contribution in [0.15, 0.2) is 42.5 Å². The lowest BCUT2D eigenvalue weighted by Crippen LogP contribution is -2.22. The van der Waals surface area contributed by atoms with Gasteiger partial charge in [0.15, 0.2) is 0 Å². The summed E-state index contributed by atoms with van der Waals surface area (Å²) in [5.41, 5.74) is 4.89. The molecule has 0 aliphatic carbocycles. The van der Waals surface area contributed by atoms with Gasteiger partial charge in [-0.3, -0.25) is 0 Å². The van der Waals surface area contributed by atoms with Crippen LogP contribution in [0, 0.1) is 13.8 Å². The Morgan fingerprint density at radius 2 is 1.79 bits per heavy atom. The second-order valence-corrected chi connectivity index (χ2v) is 5.17. The molecule has 1 N–H and O–H groups in total. The smallest absolute Gasteiger partial charge is 0.115 e. The van der Waals surface area contributed by atoms with Gasteiger partial charge in [0.2, 0.25) is 0 Å². The normalized spacial score (nSPS) is 12.2. The summed E-state index contributed by atoms with van der Waals surface area (Å²) in [6, 6.07) is 14.2. The Kier molecular flexibility index (Phi) is 3.79. The lowest BCUT2D eigenvalue weighted by Gasteiger charge is -2.29. The van der Waals surface area contributed by atoms with Gasteiger partial charge in [0, 0.05) is 12.7 Å². The van der Waals surface area contributed by atoms with Gasteiger partial charge in [-0.2, -0.15) is 0 Å². The van der Waals surface area contributed by atoms with Crippen LogP contribution in [0.2, 0.25) is 0 Å². The van der Waals surface area contributed by atoms with E-state index in [4.69, 9.17) is 0 Å². The van der Waals surface area contributed by atoms with E-state index in [0.717, 1.165) is 5.56 Å². The summed E-state index contributed by atoms with van der Waals surface area (Å²) in [4.78, 5) is 2.24. The van der Waals surface area contributed by atoms with Gasteiger partial charge in [-0.1, -0.05) is 29.8 Å². The largest absolute Gasteiger partial charge is 0.508 e. The minimum atomic E-state index is 0.216. The lowest BCUT2D eigenvalue weighted by molar-refractivity contribution is 0.474. The van der Waals surface area contributed by atoms with E-state index in [0.29, 0.717) is 5.75 Å². The van der Waals surface area contributed by atoms with Crippen LogP contribution < -0.4 is 4.90 Å². The van der Waals surface area contributed by atoms with Crippen molar-refractivity contribution in [3.8, 4) is 5.75 Å². The number of rotatable bonds is 3. The maximum Gasteiger partial charge on any atom is 0.115 e. The molecule has 100 valence electrons. The first-order valence-corrected chi connectivity index (χ1v) is 6.58.